The number of carbonyl (C=O) groups excluding carboxylic acids is 1. The lowest BCUT2D eigenvalue weighted by Gasteiger charge is -2.45. The van der Waals surface area contributed by atoms with Crippen molar-refractivity contribution in [1.29, 1.82) is 0 Å². The van der Waals surface area contributed by atoms with Crippen molar-refractivity contribution in [3.63, 3.8) is 0 Å². The molecule has 0 atom stereocenters. The topological polar surface area (TPSA) is 62.9 Å². The van der Waals surface area contributed by atoms with Crippen molar-refractivity contribution in [3.05, 3.63) is 34.6 Å². The maximum absolute atomic E-state index is 12.6. The first kappa shape index (κ1) is 15.1. The van der Waals surface area contributed by atoms with Crippen LogP contribution in [0.15, 0.2) is 16.5 Å². The van der Waals surface area contributed by atoms with Gasteiger partial charge in [0.15, 0.2) is 5.76 Å². The standard InChI is InChI=1S/C17H21NO4/c1-10-5-6-11(2)14-13(10)12(3)15(22-14)16(19)18-7-17(20,8-18)9-21-4/h5-6,20H,7-9H2,1-4H3. The van der Waals surface area contributed by atoms with Crippen molar-refractivity contribution >= 4 is 16.9 Å². The molecular weight excluding hydrogens is 282 g/mol. The Kier molecular flexibility index (Phi) is 3.50. The van der Waals surface area contributed by atoms with Gasteiger partial charge in [-0.1, -0.05) is 12.1 Å². The zero-order valence-corrected chi connectivity index (χ0v) is 13.4. The first-order chi connectivity index (χ1) is 10.4. The van der Waals surface area contributed by atoms with Crippen molar-refractivity contribution in [2.75, 3.05) is 26.8 Å². The molecule has 0 spiro atoms. The maximum Gasteiger partial charge on any atom is 0.290 e. The lowest BCUT2D eigenvalue weighted by atomic mass is 9.94. The largest absolute Gasteiger partial charge is 0.450 e. The lowest BCUT2D eigenvalue weighted by Crippen LogP contribution is -2.65. The van der Waals surface area contributed by atoms with Gasteiger partial charge in [0.1, 0.15) is 11.2 Å². The van der Waals surface area contributed by atoms with Crippen LogP contribution in [0.2, 0.25) is 0 Å². The summed E-state index contributed by atoms with van der Waals surface area (Å²) in [5.41, 5.74) is 2.82. The number of carbonyl (C=O) groups is 1. The number of amides is 1. The number of furan rings is 1. The number of aryl methyl sites for hydroxylation is 3. The molecule has 0 unspecified atom stereocenters. The molecule has 1 saturated heterocycles. The third-order valence-corrected chi connectivity index (χ3v) is 4.35. The van der Waals surface area contributed by atoms with Gasteiger partial charge in [-0.25, -0.2) is 0 Å². The van der Waals surface area contributed by atoms with Crippen LogP contribution < -0.4 is 0 Å². The summed E-state index contributed by atoms with van der Waals surface area (Å²) in [5.74, 6) is 0.195. The predicted molar refractivity (Wildman–Crippen MR) is 83.2 cm³/mol. The number of methoxy groups -OCH3 is 1. The fourth-order valence-corrected chi connectivity index (χ4v) is 3.19. The number of β-amino-alcohol motifs (C(OH)–C–C–N with tert-alkyl or cyclic N) is 1. The fourth-order valence-electron chi connectivity index (χ4n) is 3.19. The van der Waals surface area contributed by atoms with Crippen LogP contribution in [-0.4, -0.2) is 48.3 Å². The van der Waals surface area contributed by atoms with Crippen molar-refractivity contribution < 1.29 is 19.1 Å². The number of hydrogen-bond acceptors (Lipinski definition) is 4. The summed E-state index contributed by atoms with van der Waals surface area (Å²) in [7, 11) is 1.54. The summed E-state index contributed by atoms with van der Waals surface area (Å²) in [6, 6.07) is 4.03. The average molecular weight is 303 g/mol. The molecule has 0 aliphatic carbocycles. The fraction of sp³-hybridized carbons (Fsp3) is 0.471. The van der Waals surface area contributed by atoms with Gasteiger partial charge in [-0.3, -0.25) is 4.79 Å². The van der Waals surface area contributed by atoms with Crippen LogP contribution in [0.4, 0.5) is 0 Å². The number of nitrogens with zero attached hydrogens (tertiary/aromatic N) is 1. The molecule has 0 saturated carbocycles. The highest BCUT2D eigenvalue weighted by atomic mass is 16.5. The molecule has 1 fully saturated rings. The molecule has 5 nitrogen and oxygen atoms in total. The Labute approximate surface area is 129 Å². The molecular formula is C17H21NO4. The van der Waals surface area contributed by atoms with E-state index >= 15 is 0 Å². The van der Waals surface area contributed by atoms with E-state index in [1.807, 2.05) is 32.9 Å². The SMILES string of the molecule is COCC1(O)CN(C(=O)c2oc3c(C)ccc(C)c3c2C)C1. The van der Waals surface area contributed by atoms with Gasteiger partial charge in [0.05, 0.1) is 19.7 Å². The number of fused-ring (bicyclic) bond motifs is 1. The molecule has 2 aromatic rings. The molecule has 1 aromatic heterocycles. The maximum atomic E-state index is 12.6. The molecule has 22 heavy (non-hydrogen) atoms. The molecule has 1 amide bonds. The van der Waals surface area contributed by atoms with Gasteiger partial charge in [-0.05, 0) is 31.9 Å². The second kappa shape index (κ2) is 5.11. The monoisotopic (exact) mass is 303 g/mol. The number of aliphatic hydroxyl groups is 1. The summed E-state index contributed by atoms with van der Waals surface area (Å²) >= 11 is 0. The Morgan fingerprint density at radius 1 is 1.32 bits per heavy atom. The van der Waals surface area contributed by atoms with Crippen LogP contribution in [0, 0.1) is 20.8 Å². The molecule has 5 heteroatoms. The van der Waals surface area contributed by atoms with Crippen molar-refractivity contribution in [3.8, 4) is 0 Å². The number of likely N-dealkylation sites (tertiary alicyclic amines) is 1. The molecule has 1 N–H and O–H groups in total. The Morgan fingerprint density at radius 3 is 2.55 bits per heavy atom. The second-order valence-corrected chi connectivity index (χ2v) is 6.28. The molecule has 2 heterocycles. The van der Waals surface area contributed by atoms with Gasteiger partial charge in [0, 0.05) is 18.1 Å². The first-order valence-electron chi connectivity index (χ1n) is 7.36. The van der Waals surface area contributed by atoms with Gasteiger partial charge in [0.2, 0.25) is 0 Å². The van der Waals surface area contributed by atoms with Gasteiger partial charge in [-0.2, -0.15) is 0 Å². The number of hydrogen-bond donors (Lipinski definition) is 1. The van der Waals surface area contributed by atoms with Gasteiger partial charge < -0.3 is 19.2 Å². The zero-order valence-electron chi connectivity index (χ0n) is 13.4. The number of ether oxygens (including phenoxy) is 1. The van der Waals surface area contributed by atoms with Crippen LogP contribution in [0.25, 0.3) is 11.0 Å². The molecule has 118 valence electrons. The van der Waals surface area contributed by atoms with Crippen LogP contribution in [0.1, 0.15) is 27.2 Å². The van der Waals surface area contributed by atoms with Crippen LogP contribution >= 0.6 is 0 Å². The normalized spacial score (nSPS) is 16.9. The van der Waals surface area contributed by atoms with Crippen molar-refractivity contribution in [2.24, 2.45) is 0 Å². The summed E-state index contributed by atoms with van der Waals surface area (Å²) < 4.78 is 10.8. The molecule has 0 bridgehead atoms. The molecule has 3 rings (SSSR count). The third-order valence-electron chi connectivity index (χ3n) is 4.35. The van der Waals surface area contributed by atoms with E-state index in [1.165, 1.54) is 7.11 Å². The Bertz CT molecular complexity index is 741. The van der Waals surface area contributed by atoms with Gasteiger partial charge in [-0.15, -0.1) is 0 Å². The second-order valence-electron chi connectivity index (χ2n) is 6.28. The van der Waals surface area contributed by atoms with Gasteiger partial charge in [0.25, 0.3) is 5.91 Å². The highest BCUT2D eigenvalue weighted by Gasteiger charge is 2.45. The smallest absolute Gasteiger partial charge is 0.290 e. The van der Waals surface area contributed by atoms with E-state index in [1.54, 1.807) is 4.90 Å². The summed E-state index contributed by atoms with van der Waals surface area (Å²) in [4.78, 5) is 14.2. The average Bonchev–Trinajstić information content (AvgIpc) is 2.79. The van der Waals surface area contributed by atoms with Crippen molar-refractivity contribution in [1.82, 2.24) is 4.90 Å². The molecule has 1 aliphatic rings. The van der Waals surface area contributed by atoms with E-state index < -0.39 is 5.60 Å². The minimum absolute atomic E-state index is 0.173. The van der Waals surface area contributed by atoms with E-state index in [0.717, 1.165) is 27.7 Å². The predicted octanol–water partition coefficient (Wildman–Crippen LogP) is 2.19. The number of benzene rings is 1. The summed E-state index contributed by atoms with van der Waals surface area (Å²) in [6.07, 6.45) is 0. The summed E-state index contributed by atoms with van der Waals surface area (Å²) in [6.45, 7) is 6.67. The van der Waals surface area contributed by atoms with Crippen molar-refractivity contribution in [2.45, 2.75) is 26.4 Å². The highest BCUT2D eigenvalue weighted by Crippen LogP contribution is 2.33. The lowest BCUT2D eigenvalue weighted by molar-refractivity contribution is -0.118. The van der Waals surface area contributed by atoms with E-state index in [0.29, 0.717) is 5.76 Å². The first-order valence-corrected chi connectivity index (χ1v) is 7.36. The van der Waals surface area contributed by atoms with Gasteiger partial charge >= 0.3 is 0 Å². The Hall–Kier alpha value is -1.85. The molecule has 1 aliphatic heterocycles. The van der Waals surface area contributed by atoms with E-state index in [-0.39, 0.29) is 25.6 Å². The minimum atomic E-state index is -0.934. The van der Waals surface area contributed by atoms with E-state index in [4.69, 9.17) is 9.15 Å². The van der Waals surface area contributed by atoms with Crippen LogP contribution in [0.3, 0.4) is 0 Å². The van der Waals surface area contributed by atoms with Crippen LogP contribution in [0.5, 0.6) is 0 Å². The summed E-state index contributed by atoms with van der Waals surface area (Å²) in [5, 5.41) is 11.1. The Morgan fingerprint density at radius 2 is 1.95 bits per heavy atom. The minimum Gasteiger partial charge on any atom is -0.450 e. The van der Waals surface area contributed by atoms with E-state index in [2.05, 4.69) is 0 Å². The highest BCUT2D eigenvalue weighted by molar-refractivity contribution is 6.00. The number of rotatable bonds is 3. The Balaban J connectivity index is 1.92. The molecule has 0 radical (unpaired) electrons. The third kappa shape index (κ3) is 2.21. The quantitative estimate of drug-likeness (QED) is 0.944. The van der Waals surface area contributed by atoms with E-state index in [9.17, 15) is 9.90 Å². The molecule has 1 aromatic carbocycles. The van der Waals surface area contributed by atoms with Crippen LogP contribution in [-0.2, 0) is 4.74 Å². The zero-order chi connectivity index (χ0) is 16.1.